The number of thiophene rings is 1. The highest BCUT2D eigenvalue weighted by molar-refractivity contribution is 9.09. The van der Waals surface area contributed by atoms with E-state index >= 15 is 0 Å². The first-order valence-corrected chi connectivity index (χ1v) is 8.57. The minimum atomic E-state index is 0.0599. The normalized spacial score (nSPS) is 13.0. The van der Waals surface area contributed by atoms with Gasteiger partial charge in [0.2, 0.25) is 0 Å². The van der Waals surface area contributed by atoms with Crippen molar-refractivity contribution in [3.05, 3.63) is 45.6 Å². The van der Waals surface area contributed by atoms with Crippen LogP contribution in [0.25, 0.3) is 0 Å². The lowest BCUT2D eigenvalue weighted by molar-refractivity contribution is 0.387. The molecule has 0 spiro atoms. The number of hydrogen-bond acceptors (Lipinski definition) is 3. The zero-order valence-corrected chi connectivity index (χ0v) is 15.5. The van der Waals surface area contributed by atoms with Crippen LogP contribution in [0.1, 0.15) is 40.9 Å². The van der Waals surface area contributed by atoms with Gasteiger partial charge in [-0.25, -0.2) is 0 Å². The molecule has 4 heteroatoms. The van der Waals surface area contributed by atoms with Crippen molar-refractivity contribution >= 4 is 27.3 Å². The van der Waals surface area contributed by atoms with Gasteiger partial charge in [-0.1, -0.05) is 42.8 Å². The minimum Gasteiger partial charge on any atom is -0.496 e. The van der Waals surface area contributed by atoms with Crippen LogP contribution in [0.3, 0.4) is 0 Å². The molecule has 0 bridgehead atoms. The summed E-state index contributed by atoms with van der Waals surface area (Å²) in [6, 6.07) is 10.2. The van der Waals surface area contributed by atoms with Crippen molar-refractivity contribution < 1.29 is 9.47 Å². The minimum absolute atomic E-state index is 0.0599. The SMILES string of the molecule is COc1cccc(OC)c1C(Br)c1ccc(C(C)(C)C)s1. The summed E-state index contributed by atoms with van der Waals surface area (Å²) in [6.45, 7) is 6.70. The molecule has 2 nitrogen and oxygen atoms in total. The molecule has 1 aromatic carbocycles. The first kappa shape index (κ1) is 16.4. The fraction of sp³-hybridized carbons (Fsp3) is 0.412. The summed E-state index contributed by atoms with van der Waals surface area (Å²) < 4.78 is 11.0. The van der Waals surface area contributed by atoms with Crippen LogP contribution in [0.5, 0.6) is 11.5 Å². The van der Waals surface area contributed by atoms with Crippen molar-refractivity contribution in [1.29, 1.82) is 0 Å². The molecule has 2 rings (SSSR count). The molecule has 1 heterocycles. The molecule has 0 fully saturated rings. The van der Waals surface area contributed by atoms with E-state index in [4.69, 9.17) is 9.47 Å². The van der Waals surface area contributed by atoms with Crippen molar-refractivity contribution in [3.63, 3.8) is 0 Å². The molecular formula is C17H21BrO2S. The summed E-state index contributed by atoms with van der Waals surface area (Å²) in [5.41, 5.74) is 1.20. The number of rotatable bonds is 4. The largest absolute Gasteiger partial charge is 0.496 e. The fourth-order valence-corrected chi connectivity index (χ4v) is 4.10. The molecule has 0 saturated carbocycles. The van der Waals surface area contributed by atoms with E-state index in [9.17, 15) is 0 Å². The van der Waals surface area contributed by atoms with Crippen LogP contribution in [0.4, 0.5) is 0 Å². The van der Waals surface area contributed by atoms with Gasteiger partial charge in [-0.3, -0.25) is 0 Å². The lowest BCUT2D eigenvalue weighted by atomic mass is 9.95. The Bertz CT molecular complexity index is 591. The standard InChI is InChI=1S/C17H21BrO2S/c1-17(2,3)14-10-9-13(21-14)16(18)15-11(19-4)7-6-8-12(15)20-5/h6-10,16H,1-5H3. The van der Waals surface area contributed by atoms with Crippen LogP contribution >= 0.6 is 27.3 Å². The maximum Gasteiger partial charge on any atom is 0.127 e. The van der Waals surface area contributed by atoms with E-state index in [2.05, 4.69) is 48.8 Å². The number of methoxy groups -OCH3 is 2. The Hall–Kier alpha value is -1.00. The second-order valence-corrected chi connectivity index (χ2v) is 7.92. The fourth-order valence-electron chi connectivity index (χ4n) is 2.16. The summed E-state index contributed by atoms with van der Waals surface area (Å²) in [7, 11) is 3.37. The third-order valence-corrected chi connectivity index (χ3v) is 6.17. The molecule has 0 aliphatic heterocycles. The summed E-state index contributed by atoms with van der Waals surface area (Å²) in [6.07, 6.45) is 0. The van der Waals surface area contributed by atoms with Gasteiger partial charge in [-0.15, -0.1) is 11.3 Å². The van der Waals surface area contributed by atoms with Gasteiger partial charge in [0.25, 0.3) is 0 Å². The Morgan fingerprint density at radius 2 is 1.57 bits per heavy atom. The Balaban J connectivity index is 2.45. The predicted octanol–water partition coefficient (Wildman–Crippen LogP) is 5.55. The average molecular weight is 369 g/mol. The van der Waals surface area contributed by atoms with Gasteiger partial charge >= 0.3 is 0 Å². The Kier molecular flexibility index (Phi) is 4.99. The predicted molar refractivity (Wildman–Crippen MR) is 93.3 cm³/mol. The Morgan fingerprint density at radius 3 is 2.00 bits per heavy atom. The number of hydrogen-bond donors (Lipinski definition) is 0. The smallest absolute Gasteiger partial charge is 0.127 e. The molecule has 21 heavy (non-hydrogen) atoms. The molecule has 0 amide bonds. The zero-order valence-electron chi connectivity index (χ0n) is 13.1. The van der Waals surface area contributed by atoms with E-state index in [0.717, 1.165) is 17.1 Å². The number of halogens is 1. The second-order valence-electron chi connectivity index (χ2n) is 5.89. The summed E-state index contributed by atoms with van der Waals surface area (Å²) in [4.78, 5) is 2.68. The summed E-state index contributed by atoms with van der Waals surface area (Å²) in [5.74, 6) is 1.67. The Labute approximate surface area is 139 Å². The van der Waals surface area contributed by atoms with E-state index in [1.807, 2.05) is 29.5 Å². The van der Waals surface area contributed by atoms with E-state index < -0.39 is 0 Å². The highest BCUT2D eigenvalue weighted by atomic mass is 79.9. The lowest BCUT2D eigenvalue weighted by Crippen LogP contribution is -2.07. The third kappa shape index (κ3) is 3.43. The van der Waals surface area contributed by atoms with Gasteiger partial charge < -0.3 is 9.47 Å². The molecule has 1 aromatic heterocycles. The van der Waals surface area contributed by atoms with Crippen LogP contribution < -0.4 is 9.47 Å². The topological polar surface area (TPSA) is 18.5 Å². The lowest BCUT2D eigenvalue weighted by Gasteiger charge is -2.18. The molecule has 114 valence electrons. The average Bonchev–Trinajstić information content (AvgIpc) is 2.95. The number of ether oxygens (including phenoxy) is 2. The van der Waals surface area contributed by atoms with Crippen LogP contribution in [0.15, 0.2) is 30.3 Å². The maximum absolute atomic E-state index is 5.50. The molecule has 0 radical (unpaired) electrons. The second kappa shape index (κ2) is 6.41. The molecule has 0 aliphatic rings. The molecular weight excluding hydrogens is 348 g/mol. The van der Waals surface area contributed by atoms with E-state index in [-0.39, 0.29) is 10.2 Å². The van der Waals surface area contributed by atoms with E-state index in [1.54, 1.807) is 14.2 Å². The molecule has 2 aromatic rings. The summed E-state index contributed by atoms with van der Waals surface area (Å²) >= 11 is 5.63. The zero-order chi connectivity index (χ0) is 15.6. The highest BCUT2D eigenvalue weighted by Gasteiger charge is 2.24. The molecule has 0 aliphatic carbocycles. The van der Waals surface area contributed by atoms with Crippen molar-refractivity contribution in [1.82, 2.24) is 0 Å². The molecule has 1 unspecified atom stereocenters. The van der Waals surface area contributed by atoms with Gasteiger partial charge in [0.15, 0.2) is 0 Å². The number of benzene rings is 1. The molecule has 0 N–H and O–H groups in total. The van der Waals surface area contributed by atoms with Crippen molar-refractivity contribution in [2.24, 2.45) is 0 Å². The summed E-state index contributed by atoms with van der Waals surface area (Å²) in [5, 5.41) is 0. The number of alkyl halides is 1. The molecule has 1 atom stereocenters. The maximum atomic E-state index is 5.50. The van der Waals surface area contributed by atoms with E-state index in [0.29, 0.717) is 0 Å². The molecule has 0 saturated heterocycles. The van der Waals surface area contributed by atoms with Crippen LogP contribution in [0.2, 0.25) is 0 Å². The van der Waals surface area contributed by atoms with E-state index in [1.165, 1.54) is 9.75 Å². The highest BCUT2D eigenvalue weighted by Crippen LogP contribution is 2.45. The van der Waals surface area contributed by atoms with Crippen LogP contribution in [-0.4, -0.2) is 14.2 Å². The quantitative estimate of drug-likeness (QED) is 0.658. The van der Waals surface area contributed by atoms with Crippen molar-refractivity contribution in [3.8, 4) is 11.5 Å². The van der Waals surface area contributed by atoms with Gasteiger partial charge in [0.1, 0.15) is 11.5 Å². The monoisotopic (exact) mass is 368 g/mol. The first-order chi connectivity index (χ1) is 9.88. The van der Waals surface area contributed by atoms with Crippen molar-refractivity contribution in [2.45, 2.75) is 31.0 Å². The van der Waals surface area contributed by atoms with Gasteiger partial charge in [-0.05, 0) is 29.7 Å². The Morgan fingerprint density at radius 1 is 1.00 bits per heavy atom. The van der Waals surface area contributed by atoms with Gasteiger partial charge in [-0.2, -0.15) is 0 Å². The van der Waals surface area contributed by atoms with Gasteiger partial charge in [0, 0.05) is 9.75 Å². The van der Waals surface area contributed by atoms with Crippen LogP contribution in [-0.2, 0) is 5.41 Å². The van der Waals surface area contributed by atoms with Crippen LogP contribution in [0, 0.1) is 0 Å². The third-order valence-electron chi connectivity index (χ3n) is 3.34. The van der Waals surface area contributed by atoms with Gasteiger partial charge in [0.05, 0.1) is 24.6 Å². The first-order valence-electron chi connectivity index (χ1n) is 6.83. The van der Waals surface area contributed by atoms with Crippen molar-refractivity contribution in [2.75, 3.05) is 14.2 Å².